The van der Waals surface area contributed by atoms with Crippen molar-refractivity contribution in [3.8, 4) is 0 Å². The van der Waals surface area contributed by atoms with Crippen LogP contribution in [0, 0.1) is 0 Å². The number of allylic oxidation sites excluding steroid dienone is 1. The molecule has 1 atom stereocenters. The first-order chi connectivity index (χ1) is 8.28. The van der Waals surface area contributed by atoms with Crippen LogP contribution in [-0.2, 0) is 13.5 Å². The largest absolute Gasteiger partial charge is 0.276 e. The van der Waals surface area contributed by atoms with Crippen LogP contribution < -0.4 is 11.3 Å². The van der Waals surface area contributed by atoms with Gasteiger partial charge in [-0.25, -0.2) is 0 Å². The number of hydrogen-bond acceptors (Lipinski definition) is 3. The van der Waals surface area contributed by atoms with Crippen LogP contribution in [0.5, 0.6) is 0 Å². The molecule has 1 aliphatic rings. The van der Waals surface area contributed by atoms with E-state index in [9.17, 15) is 0 Å². The highest BCUT2D eigenvalue weighted by molar-refractivity contribution is 5.11. The van der Waals surface area contributed by atoms with Crippen molar-refractivity contribution in [2.75, 3.05) is 0 Å². The number of rotatable bonds is 5. The molecule has 1 aliphatic carbocycles. The van der Waals surface area contributed by atoms with Crippen LogP contribution in [0.3, 0.4) is 0 Å². The van der Waals surface area contributed by atoms with E-state index in [1.165, 1.54) is 31.2 Å². The van der Waals surface area contributed by atoms with Crippen molar-refractivity contribution in [1.29, 1.82) is 0 Å². The van der Waals surface area contributed by atoms with Gasteiger partial charge in [0.15, 0.2) is 0 Å². The Balaban J connectivity index is 1.90. The van der Waals surface area contributed by atoms with Crippen molar-refractivity contribution in [2.45, 2.75) is 44.6 Å². The molecule has 0 spiro atoms. The Morgan fingerprint density at radius 1 is 1.47 bits per heavy atom. The predicted octanol–water partition coefficient (Wildman–Crippen LogP) is 1.68. The Morgan fingerprint density at radius 2 is 2.35 bits per heavy atom. The van der Waals surface area contributed by atoms with Crippen LogP contribution in [-0.4, -0.2) is 15.8 Å². The van der Waals surface area contributed by atoms with Gasteiger partial charge in [0.2, 0.25) is 0 Å². The smallest absolute Gasteiger partial charge is 0.0522 e. The topological polar surface area (TPSA) is 55.9 Å². The van der Waals surface area contributed by atoms with E-state index < -0.39 is 0 Å². The van der Waals surface area contributed by atoms with Gasteiger partial charge < -0.3 is 0 Å². The van der Waals surface area contributed by atoms with Crippen LogP contribution >= 0.6 is 0 Å². The van der Waals surface area contributed by atoms with Crippen LogP contribution in [0.2, 0.25) is 0 Å². The fourth-order valence-electron chi connectivity index (χ4n) is 2.46. The number of hydrazine groups is 1. The number of nitrogens with two attached hydrogens (primary N) is 1. The lowest BCUT2D eigenvalue weighted by atomic mass is 9.92. The molecule has 17 heavy (non-hydrogen) atoms. The summed E-state index contributed by atoms with van der Waals surface area (Å²) in [5.41, 5.74) is 5.73. The molecule has 1 heterocycles. The van der Waals surface area contributed by atoms with Crippen molar-refractivity contribution < 1.29 is 0 Å². The number of aromatic nitrogens is 2. The van der Waals surface area contributed by atoms with Gasteiger partial charge in [-0.05, 0) is 44.1 Å². The Labute approximate surface area is 103 Å². The first kappa shape index (κ1) is 12.3. The van der Waals surface area contributed by atoms with Crippen LogP contribution in [0.15, 0.2) is 24.0 Å². The van der Waals surface area contributed by atoms with Gasteiger partial charge in [0.05, 0.1) is 6.20 Å². The maximum absolute atomic E-state index is 5.64. The predicted molar refractivity (Wildman–Crippen MR) is 69.2 cm³/mol. The summed E-state index contributed by atoms with van der Waals surface area (Å²) >= 11 is 0. The highest BCUT2D eigenvalue weighted by Gasteiger charge is 2.13. The molecular formula is C13H22N4. The molecular weight excluding hydrogens is 212 g/mol. The van der Waals surface area contributed by atoms with Gasteiger partial charge in [-0.3, -0.25) is 16.0 Å². The molecule has 0 radical (unpaired) electrons. The molecule has 1 aromatic rings. The standard InChI is InChI=1S/C13H22N4/c1-17-10-12(9-15-17)8-13(16-14)7-11-5-3-2-4-6-11/h5,9-10,13,16H,2-4,6-8,14H2,1H3. The van der Waals surface area contributed by atoms with Crippen LogP contribution in [0.4, 0.5) is 0 Å². The van der Waals surface area contributed by atoms with E-state index in [0.29, 0.717) is 6.04 Å². The zero-order chi connectivity index (χ0) is 12.1. The van der Waals surface area contributed by atoms with Crippen molar-refractivity contribution in [2.24, 2.45) is 12.9 Å². The lowest BCUT2D eigenvalue weighted by Crippen LogP contribution is -2.37. The van der Waals surface area contributed by atoms with E-state index in [4.69, 9.17) is 5.84 Å². The SMILES string of the molecule is Cn1cc(CC(CC2=CCCCC2)NN)cn1. The highest BCUT2D eigenvalue weighted by Crippen LogP contribution is 2.22. The van der Waals surface area contributed by atoms with E-state index in [-0.39, 0.29) is 0 Å². The number of nitrogens with zero attached hydrogens (tertiary/aromatic N) is 2. The third-order valence-electron chi connectivity index (χ3n) is 3.37. The molecule has 0 aromatic carbocycles. The second kappa shape index (κ2) is 5.98. The zero-order valence-corrected chi connectivity index (χ0v) is 10.5. The van der Waals surface area contributed by atoms with Gasteiger partial charge >= 0.3 is 0 Å². The molecule has 1 aromatic heterocycles. The molecule has 0 saturated carbocycles. The summed E-state index contributed by atoms with van der Waals surface area (Å²) in [5.74, 6) is 5.64. The number of hydrogen-bond donors (Lipinski definition) is 2. The fraction of sp³-hybridized carbons (Fsp3) is 0.615. The van der Waals surface area contributed by atoms with Gasteiger partial charge in [0, 0.05) is 19.3 Å². The molecule has 0 amide bonds. The zero-order valence-electron chi connectivity index (χ0n) is 10.5. The van der Waals surface area contributed by atoms with Crippen molar-refractivity contribution in [1.82, 2.24) is 15.2 Å². The normalized spacial score (nSPS) is 17.9. The van der Waals surface area contributed by atoms with E-state index in [2.05, 4.69) is 22.8 Å². The Hall–Kier alpha value is -1.13. The Bertz CT molecular complexity index is 381. The maximum atomic E-state index is 5.64. The van der Waals surface area contributed by atoms with Gasteiger partial charge in [0.1, 0.15) is 0 Å². The van der Waals surface area contributed by atoms with E-state index in [1.807, 2.05) is 17.9 Å². The van der Waals surface area contributed by atoms with Gasteiger partial charge in [-0.1, -0.05) is 11.6 Å². The lowest BCUT2D eigenvalue weighted by Gasteiger charge is -2.19. The maximum Gasteiger partial charge on any atom is 0.0522 e. The Kier molecular flexibility index (Phi) is 4.34. The molecule has 0 aliphatic heterocycles. The summed E-state index contributed by atoms with van der Waals surface area (Å²) in [4.78, 5) is 0. The minimum Gasteiger partial charge on any atom is -0.276 e. The summed E-state index contributed by atoms with van der Waals surface area (Å²) in [6, 6.07) is 0.323. The molecule has 4 heteroatoms. The molecule has 0 bridgehead atoms. The third kappa shape index (κ3) is 3.68. The minimum atomic E-state index is 0.323. The summed E-state index contributed by atoms with van der Waals surface area (Å²) in [6.45, 7) is 0. The molecule has 2 rings (SSSR count). The van der Waals surface area contributed by atoms with Crippen molar-refractivity contribution in [3.05, 3.63) is 29.6 Å². The summed E-state index contributed by atoms with van der Waals surface area (Å²) < 4.78 is 1.84. The molecule has 0 fully saturated rings. The second-order valence-electron chi connectivity index (χ2n) is 4.90. The monoisotopic (exact) mass is 234 g/mol. The summed E-state index contributed by atoms with van der Waals surface area (Å²) in [7, 11) is 1.94. The first-order valence-corrected chi connectivity index (χ1v) is 6.39. The van der Waals surface area contributed by atoms with Gasteiger partial charge in [-0.15, -0.1) is 0 Å². The van der Waals surface area contributed by atoms with Gasteiger partial charge in [0.25, 0.3) is 0 Å². The van der Waals surface area contributed by atoms with E-state index in [1.54, 1.807) is 5.57 Å². The van der Waals surface area contributed by atoms with E-state index in [0.717, 1.165) is 12.8 Å². The Morgan fingerprint density at radius 3 is 2.94 bits per heavy atom. The summed E-state index contributed by atoms with van der Waals surface area (Å²) in [5, 5.41) is 4.18. The summed E-state index contributed by atoms with van der Waals surface area (Å²) in [6.07, 6.45) is 13.5. The minimum absolute atomic E-state index is 0.323. The van der Waals surface area contributed by atoms with Crippen LogP contribution in [0.1, 0.15) is 37.7 Å². The average molecular weight is 234 g/mol. The van der Waals surface area contributed by atoms with Crippen molar-refractivity contribution in [3.63, 3.8) is 0 Å². The lowest BCUT2D eigenvalue weighted by molar-refractivity contribution is 0.504. The average Bonchev–Trinajstić information content (AvgIpc) is 2.75. The number of nitrogens with one attached hydrogen (secondary N) is 1. The second-order valence-corrected chi connectivity index (χ2v) is 4.90. The first-order valence-electron chi connectivity index (χ1n) is 6.39. The molecule has 94 valence electrons. The molecule has 0 saturated heterocycles. The van der Waals surface area contributed by atoms with Crippen molar-refractivity contribution >= 4 is 0 Å². The quantitative estimate of drug-likeness (QED) is 0.463. The van der Waals surface area contributed by atoms with Gasteiger partial charge in [-0.2, -0.15) is 5.10 Å². The third-order valence-corrected chi connectivity index (χ3v) is 3.37. The molecule has 4 nitrogen and oxygen atoms in total. The van der Waals surface area contributed by atoms with E-state index >= 15 is 0 Å². The molecule has 3 N–H and O–H groups in total. The molecule has 1 unspecified atom stereocenters. The fourth-order valence-corrected chi connectivity index (χ4v) is 2.46. The van der Waals surface area contributed by atoms with Crippen LogP contribution in [0.25, 0.3) is 0 Å². The number of aryl methyl sites for hydroxylation is 1. The highest BCUT2D eigenvalue weighted by atomic mass is 15.2.